The maximum Gasteiger partial charge on any atom is 0.123 e. The summed E-state index contributed by atoms with van der Waals surface area (Å²) in [7, 11) is 1.66. The van der Waals surface area contributed by atoms with E-state index in [0.717, 1.165) is 23.4 Å². The van der Waals surface area contributed by atoms with Crippen LogP contribution in [0.1, 0.15) is 29.7 Å². The smallest absolute Gasteiger partial charge is 0.123 e. The van der Waals surface area contributed by atoms with Crippen molar-refractivity contribution in [3.63, 3.8) is 0 Å². The Morgan fingerprint density at radius 2 is 1.85 bits per heavy atom. The van der Waals surface area contributed by atoms with E-state index in [9.17, 15) is 4.39 Å². The predicted octanol–water partition coefficient (Wildman–Crippen LogP) is 3.99. The first kappa shape index (κ1) is 14.5. The van der Waals surface area contributed by atoms with Crippen LogP contribution >= 0.6 is 0 Å². The van der Waals surface area contributed by atoms with Gasteiger partial charge in [-0.25, -0.2) is 4.39 Å². The van der Waals surface area contributed by atoms with Gasteiger partial charge in [0.1, 0.15) is 11.6 Å². The second-order valence-electron chi connectivity index (χ2n) is 4.95. The normalized spacial score (nSPS) is 12.2. The predicted molar refractivity (Wildman–Crippen MR) is 79.4 cm³/mol. The molecule has 0 aliphatic carbocycles. The van der Waals surface area contributed by atoms with Gasteiger partial charge in [0, 0.05) is 12.6 Å². The Morgan fingerprint density at radius 1 is 1.15 bits per heavy atom. The molecule has 1 N–H and O–H groups in total. The molecule has 0 amide bonds. The minimum atomic E-state index is -0.186. The van der Waals surface area contributed by atoms with E-state index in [4.69, 9.17) is 4.74 Å². The van der Waals surface area contributed by atoms with Crippen molar-refractivity contribution in [1.82, 2.24) is 5.32 Å². The molecule has 106 valence electrons. The van der Waals surface area contributed by atoms with E-state index >= 15 is 0 Å². The van der Waals surface area contributed by atoms with Crippen LogP contribution in [0.15, 0.2) is 42.5 Å². The molecule has 2 aromatic carbocycles. The second kappa shape index (κ2) is 6.53. The molecule has 20 heavy (non-hydrogen) atoms. The Kier molecular flexibility index (Phi) is 4.74. The number of aryl methyl sites for hydroxylation is 1. The summed E-state index contributed by atoms with van der Waals surface area (Å²) in [5, 5.41) is 3.45. The minimum Gasteiger partial charge on any atom is -0.497 e. The van der Waals surface area contributed by atoms with Gasteiger partial charge in [-0.05, 0) is 54.8 Å². The summed E-state index contributed by atoms with van der Waals surface area (Å²) < 4.78 is 18.2. The van der Waals surface area contributed by atoms with Crippen molar-refractivity contribution >= 4 is 0 Å². The van der Waals surface area contributed by atoms with Gasteiger partial charge >= 0.3 is 0 Å². The van der Waals surface area contributed by atoms with Crippen LogP contribution in [0.5, 0.6) is 5.75 Å². The first-order valence-electron chi connectivity index (χ1n) is 6.72. The fraction of sp³-hybridized carbons (Fsp3) is 0.294. The average Bonchev–Trinajstić information content (AvgIpc) is 2.46. The summed E-state index contributed by atoms with van der Waals surface area (Å²) in [4.78, 5) is 0. The van der Waals surface area contributed by atoms with Crippen LogP contribution in [0.3, 0.4) is 0 Å². The third kappa shape index (κ3) is 3.58. The molecule has 0 saturated carbocycles. The summed E-state index contributed by atoms with van der Waals surface area (Å²) in [6.45, 7) is 4.76. The van der Waals surface area contributed by atoms with Crippen molar-refractivity contribution in [2.24, 2.45) is 0 Å². The van der Waals surface area contributed by atoms with E-state index in [1.165, 1.54) is 11.6 Å². The number of nitrogens with one attached hydrogen (secondary N) is 1. The first-order valence-corrected chi connectivity index (χ1v) is 6.72. The van der Waals surface area contributed by atoms with Crippen LogP contribution in [0.2, 0.25) is 0 Å². The minimum absolute atomic E-state index is 0.186. The van der Waals surface area contributed by atoms with Crippen molar-refractivity contribution in [2.45, 2.75) is 26.4 Å². The maximum atomic E-state index is 13.1. The lowest BCUT2D eigenvalue weighted by Gasteiger charge is -2.16. The lowest BCUT2D eigenvalue weighted by atomic mass is 10.1. The van der Waals surface area contributed by atoms with Crippen molar-refractivity contribution in [1.29, 1.82) is 0 Å². The summed E-state index contributed by atoms with van der Waals surface area (Å²) in [5.41, 5.74) is 3.29. The second-order valence-corrected chi connectivity index (χ2v) is 4.95. The SMILES string of the molecule is COc1ccc(C(C)NCc2ccc(F)cc2C)cc1. The monoisotopic (exact) mass is 273 g/mol. The lowest BCUT2D eigenvalue weighted by molar-refractivity contribution is 0.414. The number of ether oxygens (including phenoxy) is 1. The zero-order valence-electron chi connectivity index (χ0n) is 12.1. The van der Waals surface area contributed by atoms with E-state index in [0.29, 0.717) is 0 Å². The lowest BCUT2D eigenvalue weighted by Crippen LogP contribution is -2.18. The molecule has 0 aromatic heterocycles. The largest absolute Gasteiger partial charge is 0.497 e. The van der Waals surface area contributed by atoms with Gasteiger partial charge in [0.2, 0.25) is 0 Å². The van der Waals surface area contributed by atoms with Crippen molar-refractivity contribution < 1.29 is 9.13 Å². The molecular weight excluding hydrogens is 253 g/mol. The molecule has 1 unspecified atom stereocenters. The van der Waals surface area contributed by atoms with Crippen LogP contribution < -0.4 is 10.1 Å². The van der Waals surface area contributed by atoms with Crippen LogP contribution in [0.4, 0.5) is 4.39 Å². The number of benzene rings is 2. The van der Waals surface area contributed by atoms with Gasteiger partial charge in [-0.2, -0.15) is 0 Å². The van der Waals surface area contributed by atoms with Crippen LogP contribution in [0.25, 0.3) is 0 Å². The first-order chi connectivity index (χ1) is 9.60. The summed E-state index contributed by atoms with van der Waals surface area (Å²) in [6, 6.07) is 13.1. The molecule has 0 aliphatic rings. The number of hydrogen-bond acceptors (Lipinski definition) is 2. The number of methoxy groups -OCH3 is 1. The van der Waals surface area contributed by atoms with E-state index < -0.39 is 0 Å². The quantitative estimate of drug-likeness (QED) is 0.889. The number of halogens is 1. The van der Waals surface area contributed by atoms with Crippen LogP contribution in [0, 0.1) is 12.7 Å². The van der Waals surface area contributed by atoms with Gasteiger partial charge in [0.05, 0.1) is 7.11 Å². The Morgan fingerprint density at radius 3 is 2.45 bits per heavy atom. The highest BCUT2D eigenvalue weighted by atomic mass is 19.1. The molecule has 0 radical (unpaired) electrons. The molecule has 0 aliphatic heterocycles. The van der Waals surface area contributed by atoms with E-state index in [-0.39, 0.29) is 11.9 Å². The highest BCUT2D eigenvalue weighted by molar-refractivity contribution is 5.30. The Balaban J connectivity index is 1.98. The van der Waals surface area contributed by atoms with Gasteiger partial charge in [0.15, 0.2) is 0 Å². The third-order valence-corrected chi connectivity index (χ3v) is 3.52. The molecule has 0 spiro atoms. The number of rotatable bonds is 5. The van der Waals surface area contributed by atoms with Gasteiger partial charge in [-0.15, -0.1) is 0 Å². The molecule has 2 nitrogen and oxygen atoms in total. The maximum absolute atomic E-state index is 13.1. The Labute approximate surface area is 119 Å². The van der Waals surface area contributed by atoms with Crippen LogP contribution in [-0.2, 0) is 6.54 Å². The molecule has 1 atom stereocenters. The summed E-state index contributed by atoms with van der Waals surface area (Å²) in [6.07, 6.45) is 0. The van der Waals surface area contributed by atoms with E-state index in [1.807, 2.05) is 37.3 Å². The van der Waals surface area contributed by atoms with Crippen molar-refractivity contribution in [3.05, 3.63) is 65.0 Å². The molecule has 3 heteroatoms. The summed E-state index contributed by atoms with van der Waals surface area (Å²) >= 11 is 0. The molecular formula is C17H20FNO. The molecule has 0 fully saturated rings. The zero-order chi connectivity index (χ0) is 14.5. The van der Waals surface area contributed by atoms with Crippen LogP contribution in [-0.4, -0.2) is 7.11 Å². The highest BCUT2D eigenvalue weighted by Crippen LogP contribution is 2.18. The fourth-order valence-electron chi connectivity index (χ4n) is 2.13. The van der Waals surface area contributed by atoms with E-state index in [1.54, 1.807) is 13.2 Å². The van der Waals surface area contributed by atoms with Gasteiger partial charge < -0.3 is 10.1 Å². The highest BCUT2D eigenvalue weighted by Gasteiger charge is 2.06. The number of hydrogen-bond donors (Lipinski definition) is 1. The standard InChI is InChI=1S/C17H20FNO/c1-12-10-16(18)7-4-15(12)11-19-13(2)14-5-8-17(20-3)9-6-14/h4-10,13,19H,11H2,1-3H3. The van der Waals surface area contributed by atoms with Gasteiger partial charge in [0.25, 0.3) is 0 Å². The summed E-state index contributed by atoms with van der Waals surface area (Å²) in [5.74, 6) is 0.671. The molecule has 2 aromatic rings. The van der Waals surface area contributed by atoms with E-state index in [2.05, 4.69) is 12.2 Å². The fourth-order valence-corrected chi connectivity index (χ4v) is 2.13. The zero-order valence-corrected chi connectivity index (χ0v) is 12.1. The van der Waals surface area contributed by atoms with Crippen molar-refractivity contribution in [2.75, 3.05) is 7.11 Å². The molecule has 0 heterocycles. The van der Waals surface area contributed by atoms with Gasteiger partial charge in [-0.3, -0.25) is 0 Å². The topological polar surface area (TPSA) is 21.3 Å². The Hall–Kier alpha value is -1.87. The van der Waals surface area contributed by atoms with Gasteiger partial charge in [-0.1, -0.05) is 18.2 Å². The molecule has 0 bridgehead atoms. The average molecular weight is 273 g/mol. The Bertz CT molecular complexity index is 566. The third-order valence-electron chi connectivity index (χ3n) is 3.52. The van der Waals surface area contributed by atoms with Crippen molar-refractivity contribution in [3.8, 4) is 5.75 Å². The molecule has 2 rings (SSSR count). The molecule has 0 saturated heterocycles.